The molecular formula is C18H25N3O3. The van der Waals surface area contributed by atoms with Gasteiger partial charge >= 0.3 is 0 Å². The molecule has 0 unspecified atom stereocenters. The summed E-state index contributed by atoms with van der Waals surface area (Å²) in [5.74, 6) is 0.456. The minimum atomic E-state index is -0.0220. The maximum absolute atomic E-state index is 13.0. The number of pyridine rings is 1. The van der Waals surface area contributed by atoms with E-state index in [1.54, 1.807) is 5.06 Å². The molecule has 3 saturated heterocycles. The van der Waals surface area contributed by atoms with Crippen molar-refractivity contribution in [2.24, 2.45) is 11.8 Å². The van der Waals surface area contributed by atoms with Crippen molar-refractivity contribution in [1.29, 1.82) is 0 Å². The monoisotopic (exact) mass is 331 g/mol. The van der Waals surface area contributed by atoms with E-state index in [0.717, 1.165) is 52.0 Å². The quantitative estimate of drug-likeness (QED) is 0.840. The zero-order chi connectivity index (χ0) is 16.4. The Morgan fingerprint density at radius 2 is 2.08 bits per heavy atom. The van der Waals surface area contributed by atoms with Gasteiger partial charge in [-0.3, -0.25) is 19.5 Å². The number of rotatable bonds is 3. The van der Waals surface area contributed by atoms with E-state index in [9.17, 15) is 4.79 Å². The number of amides is 1. The van der Waals surface area contributed by atoms with E-state index < -0.39 is 0 Å². The van der Waals surface area contributed by atoms with Gasteiger partial charge in [0.2, 0.25) is 0 Å². The fourth-order valence-electron chi connectivity index (χ4n) is 4.15. The minimum Gasteiger partial charge on any atom is -0.377 e. The van der Waals surface area contributed by atoms with Crippen molar-refractivity contribution >= 4 is 5.91 Å². The van der Waals surface area contributed by atoms with Gasteiger partial charge in [0.15, 0.2) is 0 Å². The number of nitrogens with zero attached hydrogens (tertiary/aromatic N) is 3. The second kappa shape index (κ2) is 7.17. The molecule has 1 aromatic rings. The van der Waals surface area contributed by atoms with Crippen molar-refractivity contribution in [3.8, 4) is 0 Å². The Kier molecular flexibility index (Phi) is 4.78. The first-order valence-electron chi connectivity index (χ1n) is 8.98. The van der Waals surface area contributed by atoms with Crippen LogP contribution in [0.5, 0.6) is 0 Å². The van der Waals surface area contributed by atoms with E-state index in [0.29, 0.717) is 12.5 Å². The molecule has 1 amide bonds. The number of likely N-dealkylation sites (tertiary alicyclic amines) is 1. The lowest BCUT2D eigenvalue weighted by Gasteiger charge is -2.41. The van der Waals surface area contributed by atoms with Crippen LogP contribution in [0, 0.1) is 11.8 Å². The van der Waals surface area contributed by atoms with E-state index in [1.807, 2.05) is 24.5 Å². The molecule has 4 heterocycles. The first kappa shape index (κ1) is 16.0. The number of fused-ring (bicyclic) bond motifs is 1. The van der Waals surface area contributed by atoms with E-state index in [-0.39, 0.29) is 17.9 Å². The zero-order valence-electron chi connectivity index (χ0n) is 14.0. The van der Waals surface area contributed by atoms with E-state index >= 15 is 0 Å². The predicted octanol–water partition coefficient (Wildman–Crippen LogP) is 1.47. The third-order valence-corrected chi connectivity index (χ3v) is 5.39. The topological polar surface area (TPSA) is 54.9 Å². The van der Waals surface area contributed by atoms with Gasteiger partial charge in [0.05, 0.1) is 18.6 Å². The van der Waals surface area contributed by atoms with Crippen LogP contribution in [0.25, 0.3) is 0 Å². The van der Waals surface area contributed by atoms with Gasteiger partial charge in [0.1, 0.15) is 0 Å². The molecule has 3 fully saturated rings. The molecule has 0 bridgehead atoms. The first-order valence-corrected chi connectivity index (χ1v) is 8.98. The Balaban J connectivity index is 1.47. The Morgan fingerprint density at radius 1 is 1.21 bits per heavy atom. The number of piperidine rings is 1. The summed E-state index contributed by atoms with van der Waals surface area (Å²) >= 11 is 0. The fraction of sp³-hybridized carbons (Fsp3) is 0.667. The lowest BCUT2D eigenvalue weighted by molar-refractivity contribution is -0.205. The summed E-state index contributed by atoms with van der Waals surface area (Å²) in [5.41, 5.74) is 1.22. The van der Waals surface area contributed by atoms with E-state index in [4.69, 9.17) is 9.57 Å². The molecule has 24 heavy (non-hydrogen) atoms. The van der Waals surface area contributed by atoms with Crippen LogP contribution in [0.3, 0.4) is 0 Å². The van der Waals surface area contributed by atoms with Crippen molar-refractivity contribution in [2.45, 2.75) is 31.9 Å². The molecule has 6 nitrogen and oxygen atoms in total. The van der Waals surface area contributed by atoms with Crippen LogP contribution in [0.1, 0.15) is 24.8 Å². The van der Waals surface area contributed by atoms with Gasteiger partial charge < -0.3 is 4.74 Å². The van der Waals surface area contributed by atoms with Gasteiger partial charge in [-0.2, -0.15) is 0 Å². The summed E-state index contributed by atoms with van der Waals surface area (Å²) in [7, 11) is 0. The average Bonchev–Trinajstić information content (AvgIpc) is 3.10. The number of hydroxylamine groups is 2. The highest BCUT2D eigenvalue weighted by atomic mass is 16.7. The molecule has 3 aliphatic rings. The van der Waals surface area contributed by atoms with Gasteiger partial charge in [0, 0.05) is 51.1 Å². The molecule has 0 aliphatic carbocycles. The lowest BCUT2D eigenvalue weighted by atomic mass is 9.82. The molecule has 0 spiro atoms. The number of carbonyl (C=O) groups is 1. The van der Waals surface area contributed by atoms with Gasteiger partial charge in [-0.15, -0.1) is 0 Å². The summed E-state index contributed by atoms with van der Waals surface area (Å²) in [6.07, 6.45) is 6.86. The molecule has 0 saturated carbocycles. The van der Waals surface area contributed by atoms with Gasteiger partial charge in [-0.25, -0.2) is 5.06 Å². The number of carbonyl (C=O) groups excluding carboxylic acids is 1. The van der Waals surface area contributed by atoms with Crippen molar-refractivity contribution in [2.75, 3.05) is 32.8 Å². The number of hydrogen-bond acceptors (Lipinski definition) is 5. The molecule has 4 rings (SSSR count). The summed E-state index contributed by atoms with van der Waals surface area (Å²) in [5, 5.41) is 1.61. The fourth-order valence-corrected chi connectivity index (χ4v) is 4.15. The predicted molar refractivity (Wildman–Crippen MR) is 87.8 cm³/mol. The molecule has 6 heteroatoms. The molecule has 3 aliphatic heterocycles. The third-order valence-electron chi connectivity index (χ3n) is 5.39. The van der Waals surface area contributed by atoms with Crippen molar-refractivity contribution in [3.63, 3.8) is 0 Å². The number of ether oxygens (including phenoxy) is 1. The second-order valence-electron chi connectivity index (χ2n) is 7.00. The Bertz CT molecular complexity index is 562. The lowest BCUT2D eigenvalue weighted by Crippen LogP contribution is -2.53. The van der Waals surface area contributed by atoms with Crippen molar-refractivity contribution in [3.05, 3.63) is 30.1 Å². The SMILES string of the molecule is O=C([C@H]1CN(Cc2ccncc2)C[C@H]2OCC[C@@H]12)N1CCCCO1. The smallest absolute Gasteiger partial charge is 0.250 e. The molecule has 130 valence electrons. The summed E-state index contributed by atoms with van der Waals surface area (Å²) in [6, 6.07) is 4.07. The standard InChI is InChI=1S/C18H25N3O3/c22-18(21-8-1-2-9-24-21)16-12-20(11-14-3-6-19-7-4-14)13-17-15(16)5-10-23-17/h3-4,6-7,15-17H,1-2,5,8-13H2/t15-,16-,17+/m0/s1. The normalized spacial score (nSPS) is 31.0. The molecule has 1 aromatic heterocycles. The number of aromatic nitrogens is 1. The van der Waals surface area contributed by atoms with Gasteiger partial charge in [-0.1, -0.05) is 0 Å². The first-order chi connectivity index (χ1) is 11.8. The van der Waals surface area contributed by atoms with Crippen LogP contribution in [0.2, 0.25) is 0 Å². The Labute approximate surface area is 142 Å². The van der Waals surface area contributed by atoms with Crippen LogP contribution < -0.4 is 0 Å². The third kappa shape index (κ3) is 3.31. The van der Waals surface area contributed by atoms with Crippen molar-refractivity contribution < 1.29 is 14.4 Å². The highest BCUT2D eigenvalue weighted by molar-refractivity contribution is 5.78. The Morgan fingerprint density at radius 3 is 2.88 bits per heavy atom. The molecule has 0 N–H and O–H groups in total. The van der Waals surface area contributed by atoms with Crippen LogP contribution in [0.4, 0.5) is 0 Å². The summed E-state index contributed by atoms with van der Waals surface area (Å²) < 4.78 is 5.93. The molecular weight excluding hydrogens is 306 g/mol. The summed E-state index contributed by atoms with van der Waals surface area (Å²) in [4.78, 5) is 25.0. The molecule has 0 aromatic carbocycles. The van der Waals surface area contributed by atoms with Crippen LogP contribution in [-0.4, -0.2) is 59.8 Å². The summed E-state index contributed by atoms with van der Waals surface area (Å²) in [6.45, 7) is 4.66. The zero-order valence-corrected chi connectivity index (χ0v) is 14.0. The van der Waals surface area contributed by atoms with Crippen LogP contribution >= 0.6 is 0 Å². The number of hydrogen-bond donors (Lipinski definition) is 0. The maximum Gasteiger partial charge on any atom is 0.250 e. The molecule has 3 atom stereocenters. The highest BCUT2D eigenvalue weighted by Crippen LogP contribution is 2.35. The van der Waals surface area contributed by atoms with Crippen LogP contribution in [-0.2, 0) is 20.9 Å². The minimum absolute atomic E-state index is 0.0220. The molecule has 0 radical (unpaired) electrons. The van der Waals surface area contributed by atoms with Gasteiger partial charge in [0.25, 0.3) is 5.91 Å². The Hall–Kier alpha value is -1.50. The van der Waals surface area contributed by atoms with Crippen LogP contribution in [0.15, 0.2) is 24.5 Å². The second-order valence-corrected chi connectivity index (χ2v) is 7.00. The van der Waals surface area contributed by atoms with Crippen molar-refractivity contribution in [1.82, 2.24) is 14.9 Å². The van der Waals surface area contributed by atoms with E-state index in [2.05, 4.69) is 9.88 Å². The average molecular weight is 331 g/mol. The maximum atomic E-state index is 13.0. The van der Waals surface area contributed by atoms with E-state index in [1.165, 1.54) is 5.56 Å². The highest BCUT2D eigenvalue weighted by Gasteiger charge is 2.45. The van der Waals surface area contributed by atoms with Gasteiger partial charge in [-0.05, 0) is 37.0 Å². The largest absolute Gasteiger partial charge is 0.377 e.